The molecule has 0 radical (unpaired) electrons. The first-order valence-corrected chi connectivity index (χ1v) is 5.23. The van der Waals surface area contributed by atoms with Gasteiger partial charge in [0.1, 0.15) is 6.42 Å². The van der Waals surface area contributed by atoms with Crippen molar-refractivity contribution in [2.24, 2.45) is 0 Å². The lowest BCUT2D eigenvalue weighted by atomic mass is 10.3. The summed E-state index contributed by atoms with van der Waals surface area (Å²) in [7, 11) is 0. The van der Waals surface area contributed by atoms with Crippen LogP contribution >= 0.6 is 0 Å². The van der Waals surface area contributed by atoms with Crippen molar-refractivity contribution >= 4 is 11.8 Å². The third kappa shape index (κ3) is 4.18. The zero-order valence-corrected chi connectivity index (χ0v) is 9.80. The first-order valence-electron chi connectivity index (χ1n) is 5.23. The molecule has 0 aliphatic heterocycles. The van der Waals surface area contributed by atoms with Crippen LogP contribution in [0.4, 0.5) is 0 Å². The molecule has 1 aromatic rings. The molecule has 17 heavy (non-hydrogen) atoms. The molecule has 0 saturated heterocycles. The van der Waals surface area contributed by atoms with E-state index in [-0.39, 0.29) is 30.9 Å². The van der Waals surface area contributed by atoms with Crippen LogP contribution in [-0.2, 0) is 20.9 Å². The van der Waals surface area contributed by atoms with Crippen molar-refractivity contribution in [1.29, 1.82) is 0 Å². The Morgan fingerprint density at radius 3 is 2.76 bits per heavy atom. The van der Waals surface area contributed by atoms with Crippen molar-refractivity contribution in [1.82, 2.24) is 9.55 Å². The molecule has 0 aromatic carbocycles. The third-order valence-electron chi connectivity index (χ3n) is 2.01. The largest absolute Gasteiger partial charge is 0.466 e. The number of aryl methyl sites for hydroxylation is 1. The van der Waals surface area contributed by atoms with Crippen LogP contribution in [0.25, 0.3) is 0 Å². The topological polar surface area (TPSA) is 78.3 Å². The molecule has 0 spiro atoms. The van der Waals surface area contributed by atoms with Crippen LogP contribution in [0.5, 0.6) is 0 Å². The highest BCUT2D eigenvalue weighted by atomic mass is 16.5. The fraction of sp³-hybridized carbons (Fsp3) is 0.455. The van der Waals surface area contributed by atoms with Gasteiger partial charge in [-0.3, -0.25) is 19.0 Å². The molecule has 0 atom stereocenters. The summed E-state index contributed by atoms with van der Waals surface area (Å²) in [6.07, 6.45) is 0.967. The lowest BCUT2D eigenvalue weighted by Gasteiger charge is -2.04. The maximum atomic E-state index is 11.4. The Labute approximate surface area is 98.2 Å². The van der Waals surface area contributed by atoms with Gasteiger partial charge in [0.15, 0.2) is 5.78 Å². The molecule has 0 N–H and O–H groups in total. The molecule has 92 valence electrons. The molecule has 1 heterocycles. The summed E-state index contributed by atoms with van der Waals surface area (Å²) in [6.45, 7) is 3.42. The van der Waals surface area contributed by atoms with Gasteiger partial charge >= 0.3 is 5.97 Å². The zero-order chi connectivity index (χ0) is 12.8. The van der Waals surface area contributed by atoms with Crippen molar-refractivity contribution in [2.75, 3.05) is 6.61 Å². The Morgan fingerprint density at radius 2 is 2.18 bits per heavy atom. The summed E-state index contributed by atoms with van der Waals surface area (Å²) in [4.78, 5) is 37.8. The Kier molecular flexibility index (Phi) is 4.56. The number of nitrogens with zero attached hydrogens (tertiary/aromatic N) is 2. The fourth-order valence-electron chi connectivity index (χ4n) is 1.25. The van der Waals surface area contributed by atoms with Gasteiger partial charge in [-0.15, -0.1) is 0 Å². The second-order valence-corrected chi connectivity index (χ2v) is 3.52. The predicted molar refractivity (Wildman–Crippen MR) is 59.5 cm³/mol. The average molecular weight is 238 g/mol. The SMILES string of the molecule is CCOC(=O)CC(=O)Cn1cnc(C)cc1=O. The fourth-order valence-corrected chi connectivity index (χ4v) is 1.25. The van der Waals surface area contributed by atoms with E-state index in [1.807, 2.05) is 0 Å². The number of ketones is 1. The van der Waals surface area contributed by atoms with Gasteiger partial charge in [-0.25, -0.2) is 4.98 Å². The van der Waals surface area contributed by atoms with Crippen molar-refractivity contribution < 1.29 is 14.3 Å². The standard InChI is InChI=1S/C11H14N2O4/c1-3-17-11(16)5-9(14)6-13-7-12-8(2)4-10(13)15/h4,7H,3,5-6H2,1-2H3. The van der Waals surface area contributed by atoms with Crippen molar-refractivity contribution in [3.05, 3.63) is 28.4 Å². The molecule has 0 fully saturated rings. The Morgan fingerprint density at radius 1 is 1.47 bits per heavy atom. The van der Waals surface area contributed by atoms with E-state index in [9.17, 15) is 14.4 Å². The number of hydrogen-bond acceptors (Lipinski definition) is 5. The van der Waals surface area contributed by atoms with E-state index in [0.717, 1.165) is 4.57 Å². The van der Waals surface area contributed by atoms with Crippen molar-refractivity contribution in [3.63, 3.8) is 0 Å². The van der Waals surface area contributed by atoms with E-state index in [1.54, 1.807) is 13.8 Å². The zero-order valence-electron chi connectivity index (χ0n) is 9.80. The van der Waals surface area contributed by atoms with Crippen LogP contribution < -0.4 is 5.56 Å². The van der Waals surface area contributed by atoms with E-state index in [0.29, 0.717) is 5.69 Å². The molecule has 1 aromatic heterocycles. The molecule has 0 aliphatic rings. The smallest absolute Gasteiger partial charge is 0.313 e. The molecular weight excluding hydrogens is 224 g/mol. The minimum atomic E-state index is -0.578. The van der Waals surface area contributed by atoms with Gasteiger partial charge in [0.2, 0.25) is 0 Å². The first-order chi connectivity index (χ1) is 8.02. The number of Topliss-reactive ketones (excluding diaryl/α,β-unsaturated/α-hetero) is 1. The summed E-state index contributed by atoms with van der Waals surface area (Å²) in [5.74, 6) is -0.957. The highest BCUT2D eigenvalue weighted by molar-refractivity contribution is 5.95. The summed E-state index contributed by atoms with van der Waals surface area (Å²) >= 11 is 0. The highest BCUT2D eigenvalue weighted by Crippen LogP contribution is 1.92. The number of ether oxygens (including phenoxy) is 1. The number of hydrogen-bond donors (Lipinski definition) is 0. The lowest BCUT2D eigenvalue weighted by Crippen LogP contribution is -2.25. The maximum Gasteiger partial charge on any atom is 0.313 e. The van der Waals surface area contributed by atoms with Crippen LogP contribution in [0.3, 0.4) is 0 Å². The van der Waals surface area contributed by atoms with E-state index < -0.39 is 5.97 Å². The van der Waals surface area contributed by atoms with Gasteiger partial charge in [0.25, 0.3) is 5.56 Å². The molecule has 0 amide bonds. The van der Waals surface area contributed by atoms with Gasteiger partial charge in [0.05, 0.1) is 19.5 Å². The molecule has 6 heteroatoms. The molecular formula is C11H14N2O4. The van der Waals surface area contributed by atoms with Crippen LogP contribution in [-0.4, -0.2) is 27.9 Å². The van der Waals surface area contributed by atoms with E-state index in [2.05, 4.69) is 9.72 Å². The normalized spacial score (nSPS) is 10.0. The summed E-state index contributed by atoms with van der Waals surface area (Å²) in [6, 6.07) is 1.33. The van der Waals surface area contributed by atoms with Crippen LogP contribution in [0.1, 0.15) is 19.0 Å². The molecule has 0 bridgehead atoms. The van der Waals surface area contributed by atoms with Crippen molar-refractivity contribution in [2.45, 2.75) is 26.8 Å². The second kappa shape index (κ2) is 5.93. The summed E-state index contributed by atoms with van der Waals surface area (Å²) in [5.41, 5.74) is 0.277. The maximum absolute atomic E-state index is 11.4. The van der Waals surface area contributed by atoms with Crippen LogP contribution in [0.2, 0.25) is 0 Å². The quantitative estimate of drug-likeness (QED) is 0.536. The van der Waals surface area contributed by atoms with E-state index >= 15 is 0 Å². The second-order valence-electron chi connectivity index (χ2n) is 3.52. The van der Waals surface area contributed by atoms with E-state index in [4.69, 9.17) is 0 Å². The van der Waals surface area contributed by atoms with Gasteiger partial charge in [-0.1, -0.05) is 0 Å². The lowest BCUT2D eigenvalue weighted by molar-refractivity contribution is -0.145. The van der Waals surface area contributed by atoms with Crippen molar-refractivity contribution in [3.8, 4) is 0 Å². The van der Waals surface area contributed by atoms with E-state index in [1.165, 1.54) is 12.4 Å². The third-order valence-corrected chi connectivity index (χ3v) is 2.01. The van der Waals surface area contributed by atoms with Crippen LogP contribution in [0, 0.1) is 6.92 Å². The van der Waals surface area contributed by atoms with Gasteiger partial charge < -0.3 is 4.74 Å². The summed E-state index contributed by atoms with van der Waals surface area (Å²) < 4.78 is 5.80. The van der Waals surface area contributed by atoms with Gasteiger partial charge in [-0.05, 0) is 13.8 Å². The Hall–Kier alpha value is -1.98. The first kappa shape index (κ1) is 13.1. The molecule has 0 saturated carbocycles. The van der Waals surface area contributed by atoms with Gasteiger partial charge in [-0.2, -0.15) is 0 Å². The molecule has 6 nitrogen and oxygen atoms in total. The molecule has 1 rings (SSSR count). The Bertz CT molecular complexity index is 479. The number of carbonyl (C=O) groups excluding carboxylic acids is 2. The monoisotopic (exact) mass is 238 g/mol. The average Bonchev–Trinajstić information content (AvgIpc) is 2.22. The minimum Gasteiger partial charge on any atom is -0.466 e. The highest BCUT2D eigenvalue weighted by Gasteiger charge is 2.11. The minimum absolute atomic E-state index is 0.162. The number of aromatic nitrogens is 2. The molecule has 0 aliphatic carbocycles. The van der Waals surface area contributed by atoms with Crippen LogP contribution in [0.15, 0.2) is 17.2 Å². The number of esters is 1. The number of rotatable bonds is 5. The molecule has 0 unspecified atom stereocenters. The van der Waals surface area contributed by atoms with Gasteiger partial charge in [0, 0.05) is 11.8 Å². The predicted octanol–water partition coefficient (Wildman–Crippen LogP) is 0.0740. The number of carbonyl (C=O) groups is 2. The summed E-state index contributed by atoms with van der Waals surface area (Å²) in [5, 5.41) is 0. The Balaban J connectivity index is 2.62.